The molecule has 24 valence electrons. The Hall–Kier alpha value is 0.398. The SMILES string of the molecule is N#C[S-].[Pt+2]. The van der Waals surface area contributed by atoms with E-state index in [1.807, 2.05) is 0 Å². The fourth-order valence-electron chi connectivity index (χ4n) is 0. The Balaban J connectivity index is 0. The molecular weight excluding hydrogens is 253 g/mol. The Bertz CT molecular complexity index is 29.5. The van der Waals surface area contributed by atoms with Crippen LogP contribution in [0.5, 0.6) is 0 Å². The first-order valence-corrected chi connectivity index (χ1v) is 0.836. The summed E-state index contributed by atoms with van der Waals surface area (Å²) in [6, 6.07) is 0. The third-order valence-electron chi connectivity index (χ3n) is 0. The Morgan fingerprint density at radius 3 is 1.75 bits per heavy atom. The van der Waals surface area contributed by atoms with Gasteiger partial charge in [0.1, 0.15) is 0 Å². The van der Waals surface area contributed by atoms with Crippen molar-refractivity contribution in [1.82, 2.24) is 0 Å². The first-order valence-electron chi connectivity index (χ1n) is 0.428. The van der Waals surface area contributed by atoms with Crippen molar-refractivity contribution in [2.75, 3.05) is 0 Å². The average Bonchev–Trinajstić information content (AvgIpc) is 0.918. The van der Waals surface area contributed by atoms with E-state index in [1.54, 1.807) is 0 Å². The number of thiocyanates is 1. The standard InChI is InChI=1S/CHNS.Pt/c2-1-3;/h3H;/q;+2/p-1. The van der Waals surface area contributed by atoms with Gasteiger partial charge >= 0.3 is 21.1 Å². The molecule has 0 aliphatic carbocycles. The monoisotopic (exact) mass is 253 g/mol. The summed E-state index contributed by atoms with van der Waals surface area (Å²) in [5.41, 5.74) is 0. The average molecular weight is 253 g/mol. The van der Waals surface area contributed by atoms with Crippen molar-refractivity contribution in [2.24, 2.45) is 0 Å². The van der Waals surface area contributed by atoms with Crippen LogP contribution in [0.4, 0.5) is 0 Å². The molecule has 0 aliphatic rings. The van der Waals surface area contributed by atoms with Crippen LogP contribution in [0.2, 0.25) is 0 Å². The summed E-state index contributed by atoms with van der Waals surface area (Å²) in [6.07, 6.45) is 0. The third kappa shape index (κ3) is 29.6. The van der Waals surface area contributed by atoms with Crippen molar-refractivity contribution in [3.05, 3.63) is 0 Å². The van der Waals surface area contributed by atoms with Gasteiger partial charge in [0.25, 0.3) is 0 Å². The molecule has 0 saturated carbocycles. The van der Waals surface area contributed by atoms with Crippen molar-refractivity contribution >= 4 is 12.6 Å². The fraction of sp³-hybridized carbons (Fsp3) is 0. The molecule has 0 unspecified atom stereocenters. The van der Waals surface area contributed by atoms with E-state index in [-0.39, 0.29) is 21.1 Å². The molecule has 0 radical (unpaired) electrons. The van der Waals surface area contributed by atoms with Gasteiger partial charge in [0.05, 0.1) is 0 Å². The van der Waals surface area contributed by atoms with E-state index < -0.39 is 0 Å². The summed E-state index contributed by atoms with van der Waals surface area (Å²) in [5, 5.41) is 8.47. The molecule has 0 aromatic rings. The van der Waals surface area contributed by atoms with Crippen LogP contribution < -0.4 is 0 Å². The van der Waals surface area contributed by atoms with Crippen LogP contribution in [0.3, 0.4) is 0 Å². The fourth-order valence-corrected chi connectivity index (χ4v) is 0. The van der Waals surface area contributed by atoms with Crippen LogP contribution in [0.25, 0.3) is 0 Å². The second-order valence-electron chi connectivity index (χ2n) is 0.0913. The molecule has 1 nitrogen and oxygen atoms in total. The number of hydrogen-bond donors (Lipinski definition) is 0. The normalized spacial score (nSPS) is 1.75. The van der Waals surface area contributed by atoms with Gasteiger partial charge in [0.15, 0.2) is 0 Å². The number of hydrogen-bond acceptors (Lipinski definition) is 2. The van der Waals surface area contributed by atoms with Crippen molar-refractivity contribution in [2.45, 2.75) is 0 Å². The van der Waals surface area contributed by atoms with E-state index in [4.69, 9.17) is 5.26 Å². The molecule has 0 aliphatic heterocycles. The molecule has 0 N–H and O–H groups in total. The molecule has 0 spiro atoms. The molecule has 0 atom stereocenters. The summed E-state index contributed by atoms with van der Waals surface area (Å²) < 4.78 is 0. The summed E-state index contributed by atoms with van der Waals surface area (Å²) in [6.45, 7) is 0. The Kier molecular flexibility index (Phi) is 22.1. The van der Waals surface area contributed by atoms with Gasteiger partial charge in [0.2, 0.25) is 0 Å². The van der Waals surface area contributed by atoms with E-state index in [9.17, 15) is 0 Å². The number of nitriles is 1. The van der Waals surface area contributed by atoms with Crippen LogP contribution in [-0.2, 0) is 33.7 Å². The summed E-state index contributed by atoms with van der Waals surface area (Å²) in [5.74, 6) is 0. The molecule has 0 heterocycles. The predicted molar refractivity (Wildman–Crippen MR) is 13.0 cm³/mol. The number of rotatable bonds is 0. The first kappa shape index (κ1) is 8.83. The number of nitrogens with zero attached hydrogens (tertiary/aromatic N) is 1. The van der Waals surface area contributed by atoms with Gasteiger partial charge in [-0.3, -0.25) is 0 Å². The van der Waals surface area contributed by atoms with E-state index in [0.29, 0.717) is 0 Å². The van der Waals surface area contributed by atoms with Gasteiger partial charge in [-0.2, -0.15) is 0 Å². The molecule has 4 heavy (non-hydrogen) atoms. The predicted octanol–water partition coefficient (Wildman–Crippen LogP) is 0.0119. The molecule has 0 aromatic carbocycles. The maximum Gasteiger partial charge on any atom is 2.00 e. The van der Waals surface area contributed by atoms with Gasteiger partial charge < -0.3 is 12.6 Å². The van der Waals surface area contributed by atoms with Gasteiger partial charge in [0, 0.05) is 0 Å². The molecule has 0 amide bonds. The summed E-state index contributed by atoms with van der Waals surface area (Å²) in [4.78, 5) is 0. The smallest absolute Gasteiger partial charge is 0.696 e. The first-order chi connectivity index (χ1) is 1.41. The van der Waals surface area contributed by atoms with Crippen LogP contribution in [0.15, 0.2) is 0 Å². The van der Waals surface area contributed by atoms with Crippen molar-refractivity contribution in [3.63, 3.8) is 0 Å². The van der Waals surface area contributed by atoms with E-state index in [2.05, 4.69) is 12.6 Å². The Morgan fingerprint density at radius 2 is 1.75 bits per heavy atom. The second-order valence-corrected chi connectivity index (χ2v) is 0.274. The van der Waals surface area contributed by atoms with Gasteiger partial charge in [-0.25, -0.2) is 5.26 Å². The molecular formula is CNPtS+. The zero-order valence-electron chi connectivity index (χ0n) is 1.67. The minimum atomic E-state index is 0. The summed E-state index contributed by atoms with van der Waals surface area (Å²) >= 11 is 3.70. The van der Waals surface area contributed by atoms with E-state index in [0.717, 1.165) is 0 Å². The maximum absolute atomic E-state index is 7.13. The molecule has 0 saturated heterocycles. The molecule has 0 fully saturated rings. The molecule has 0 rings (SSSR count). The zero-order chi connectivity index (χ0) is 2.71. The maximum atomic E-state index is 7.13. The van der Waals surface area contributed by atoms with Gasteiger partial charge in [-0.05, 0) is 0 Å². The third-order valence-corrected chi connectivity index (χ3v) is 0. The minimum Gasteiger partial charge on any atom is -0.696 e. The summed E-state index contributed by atoms with van der Waals surface area (Å²) in [7, 11) is 0. The van der Waals surface area contributed by atoms with Crippen LogP contribution in [-0.4, -0.2) is 0 Å². The molecule has 0 bridgehead atoms. The Morgan fingerprint density at radius 1 is 1.75 bits per heavy atom. The van der Waals surface area contributed by atoms with Gasteiger partial charge in [-0.1, -0.05) is 5.40 Å². The minimum absolute atomic E-state index is 0. The molecule has 3 heteroatoms. The van der Waals surface area contributed by atoms with Gasteiger partial charge in [-0.15, -0.1) is 0 Å². The van der Waals surface area contributed by atoms with Crippen molar-refractivity contribution < 1.29 is 21.1 Å². The zero-order valence-corrected chi connectivity index (χ0v) is 4.76. The van der Waals surface area contributed by atoms with Crippen molar-refractivity contribution in [1.29, 1.82) is 5.26 Å². The quantitative estimate of drug-likeness (QED) is 0.448. The topological polar surface area (TPSA) is 23.8 Å². The van der Waals surface area contributed by atoms with E-state index in [1.165, 1.54) is 5.40 Å². The van der Waals surface area contributed by atoms with Crippen LogP contribution in [0, 0.1) is 10.7 Å². The van der Waals surface area contributed by atoms with E-state index >= 15 is 0 Å². The Labute approximate surface area is 44.7 Å². The second kappa shape index (κ2) is 10.00. The van der Waals surface area contributed by atoms with Crippen molar-refractivity contribution in [3.8, 4) is 5.40 Å². The largest absolute Gasteiger partial charge is 2.00 e. The van der Waals surface area contributed by atoms with Crippen LogP contribution >= 0.6 is 0 Å². The van der Waals surface area contributed by atoms with Crippen LogP contribution in [0.1, 0.15) is 0 Å². The molecule has 0 aromatic heterocycles.